The van der Waals surface area contributed by atoms with Crippen LogP contribution in [0.1, 0.15) is 6.92 Å². The Morgan fingerprint density at radius 1 is 0.647 bits per heavy atom. The van der Waals surface area contributed by atoms with E-state index in [2.05, 4.69) is 0 Å². The van der Waals surface area contributed by atoms with Crippen molar-refractivity contribution in [2.45, 2.75) is 98.7 Å². The van der Waals surface area contributed by atoms with Crippen LogP contribution in [0.3, 0.4) is 0 Å². The molecule has 3 heterocycles. The maximum absolute atomic E-state index is 10.9. The van der Waals surface area contributed by atoms with Gasteiger partial charge >= 0.3 is 0 Å². The average Bonchev–Trinajstić information content (AvgIpc) is 2.80. The van der Waals surface area contributed by atoms with Gasteiger partial charge in [0.1, 0.15) is 67.1 Å². The summed E-state index contributed by atoms with van der Waals surface area (Å²) in [5.41, 5.74) is 0. The lowest BCUT2D eigenvalue weighted by Crippen LogP contribution is -2.69. The number of aliphatic hydroxyl groups excluding tert-OH is 11. The molecule has 0 amide bonds. The molecule has 3 aliphatic rings. The summed E-state index contributed by atoms with van der Waals surface area (Å²) in [5, 5.41) is 110. The highest BCUT2D eigenvalue weighted by molar-refractivity contribution is 4.97. The van der Waals surface area contributed by atoms with Gasteiger partial charge in [-0.05, 0) is 6.92 Å². The molecule has 0 radical (unpaired) electrons. The molecule has 0 aromatic heterocycles. The maximum Gasteiger partial charge on any atom is 0.197 e. The first kappa shape index (κ1) is 27.9. The molecule has 16 nitrogen and oxygen atoms in total. The van der Waals surface area contributed by atoms with E-state index in [1.54, 1.807) is 0 Å². The van der Waals surface area contributed by atoms with Crippen molar-refractivity contribution in [1.82, 2.24) is 0 Å². The van der Waals surface area contributed by atoms with E-state index in [1.165, 1.54) is 0 Å². The Morgan fingerprint density at radius 2 is 1.26 bits per heavy atom. The standard InChI is InChI=1S/C18H32O16/c1-18(14(27)8(23)9(24)15(28)34-18)33-13-11(26)12(5(3-20)30-16(13)29)32-17-10(25)7(22)6(21)4(2-19)31-17/h4-17,19-29H,2-3H2,1H3/t4-,5-,6+,7+,8+,9+,10-,11+,12-,13?,14+,15?,16?,17+,18+/m1/s1. The molecular formula is C18H32O16. The van der Waals surface area contributed by atoms with Crippen molar-refractivity contribution in [3.63, 3.8) is 0 Å². The average molecular weight is 504 g/mol. The van der Waals surface area contributed by atoms with Gasteiger partial charge < -0.3 is 79.9 Å². The molecule has 34 heavy (non-hydrogen) atoms. The van der Waals surface area contributed by atoms with E-state index in [1.807, 2.05) is 0 Å². The van der Waals surface area contributed by atoms with Crippen LogP contribution in [0, 0.1) is 0 Å². The molecule has 11 N–H and O–H groups in total. The number of hydrogen-bond donors (Lipinski definition) is 11. The van der Waals surface area contributed by atoms with E-state index in [4.69, 9.17) is 23.7 Å². The lowest BCUT2D eigenvalue weighted by molar-refractivity contribution is -0.427. The van der Waals surface area contributed by atoms with E-state index in [0.717, 1.165) is 6.92 Å². The SMILES string of the molecule is C[C@]1(OC2C(O)O[C@H](CO)[C@@H](O[C@@H]3O[C@H](CO)[C@H](O)[C@H](O)[C@H]3O)[C@@H]2O)OC(O)[C@@H](O)[C@H](O)[C@@H]1O. The Bertz CT molecular complexity index is 668. The number of rotatable bonds is 6. The topological polar surface area (TPSA) is 269 Å². The van der Waals surface area contributed by atoms with Gasteiger partial charge in [0.2, 0.25) is 0 Å². The van der Waals surface area contributed by atoms with E-state index >= 15 is 0 Å². The van der Waals surface area contributed by atoms with Crippen LogP contribution in [0.2, 0.25) is 0 Å². The van der Waals surface area contributed by atoms with E-state index < -0.39 is 105 Å². The Kier molecular flexibility index (Phi) is 8.85. The van der Waals surface area contributed by atoms with Gasteiger partial charge in [0.05, 0.1) is 13.2 Å². The first-order valence-electron chi connectivity index (χ1n) is 10.5. The second-order valence-electron chi connectivity index (χ2n) is 8.57. The van der Waals surface area contributed by atoms with Crippen LogP contribution in [-0.4, -0.2) is 161 Å². The Morgan fingerprint density at radius 3 is 1.85 bits per heavy atom. The first-order valence-corrected chi connectivity index (χ1v) is 10.5. The summed E-state index contributed by atoms with van der Waals surface area (Å²) in [5.74, 6) is -2.28. The molecule has 3 unspecified atom stereocenters. The minimum Gasteiger partial charge on any atom is -0.394 e. The Balaban J connectivity index is 1.80. The molecule has 3 aliphatic heterocycles. The molecule has 16 heteroatoms. The van der Waals surface area contributed by atoms with Gasteiger partial charge in [0.15, 0.2) is 24.7 Å². The van der Waals surface area contributed by atoms with Crippen LogP contribution in [0.5, 0.6) is 0 Å². The lowest BCUT2D eigenvalue weighted by atomic mass is 9.94. The zero-order chi connectivity index (χ0) is 25.5. The summed E-state index contributed by atoms with van der Waals surface area (Å²) in [7, 11) is 0. The minimum atomic E-state index is -2.28. The molecular weight excluding hydrogens is 472 g/mol. The zero-order valence-electron chi connectivity index (χ0n) is 18.0. The summed E-state index contributed by atoms with van der Waals surface area (Å²) in [6, 6.07) is 0. The van der Waals surface area contributed by atoms with E-state index in [0.29, 0.717) is 0 Å². The molecule has 3 saturated heterocycles. The molecule has 0 aromatic carbocycles. The zero-order valence-corrected chi connectivity index (χ0v) is 18.0. The molecule has 3 fully saturated rings. The highest BCUT2D eigenvalue weighted by Gasteiger charge is 2.57. The fourth-order valence-corrected chi connectivity index (χ4v) is 4.10. The lowest BCUT2D eigenvalue weighted by Gasteiger charge is -2.50. The van der Waals surface area contributed by atoms with Gasteiger partial charge in [-0.25, -0.2) is 0 Å². The Hall–Kier alpha value is -0.640. The predicted molar refractivity (Wildman–Crippen MR) is 101 cm³/mol. The molecule has 0 bridgehead atoms. The van der Waals surface area contributed by atoms with Crippen molar-refractivity contribution in [3.05, 3.63) is 0 Å². The molecule has 0 aromatic rings. The van der Waals surface area contributed by atoms with Crippen molar-refractivity contribution >= 4 is 0 Å². The molecule has 0 saturated carbocycles. The van der Waals surface area contributed by atoms with Crippen LogP contribution in [0.15, 0.2) is 0 Å². The number of aliphatic hydroxyl groups is 11. The molecule has 0 spiro atoms. The number of ether oxygens (including phenoxy) is 5. The molecule has 3 rings (SSSR count). The van der Waals surface area contributed by atoms with Gasteiger partial charge in [-0.1, -0.05) is 0 Å². The third-order valence-electron chi connectivity index (χ3n) is 6.18. The highest BCUT2D eigenvalue weighted by atomic mass is 16.8. The maximum atomic E-state index is 10.9. The predicted octanol–water partition coefficient (Wildman–Crippen LogP) is -7.23. The molecule has 0 aliphatic carbocycles. The minimum absolute atomic E-state index is 0.757. The van der Waals surface area contributed by atoms with Gasteiger partial charge in [-0.15, -0.1) is 0 Å². The molecule has 15 atom stereocenters. The monoisotopic (exact) mass is 504 g/mol. The van der Waals surface area contributed by atoms with Crippen LogP contribution >= 0.6 is 0 Å². The number of hydrogen-bond acceptors (Lipinski definition) is 16. The van der Waals surface area contributed by atoms with Gasteiger partial charge in [-0.3, -0.25) is 0 Å². The summed E-state index contributed by atoms with van der Waals surface area (Å²) >= 11 is 0. The quantitative estimate of drug-likeness (QED) is 0.160. The van der Waals surface area contributed by atoms with Crippen LogP contribution in [0.25, 0.3) is 0 Å². The fourth-order valence-electron chi connectivity index (χ4n) is 4.10. The third kappa shape index (κ3) is 5.09. The highest BCUT2D eigenvalue weighted by Crippen LogP contribution is 2.36. The van der Waals surface area contributed by atoms with Crippen molar-refractivity contribution in [1.29, 1.82) is 0 Å². The van der Waals surface area contributed by atoms with Crippen LogP contribution in [0.4, 0.5) is 0 Å². The second-order valence-corrected chi connectivity index (χ2v) is 8.57. The van der Waals surface area contributed by atoms with Crippen molar-refractivity contribution in [2.24, 2.45) is 0 Å². The fraction of sp³-hybridized carbons (Fsp3) is 1.00. The van der Waals surface area contributed by atoms with Crippen LogP contribution in [-0.2, 0) is 23.7 Å². The van der Waals surface area contributed by atoms with Gasteiger partial charge in [-0.2, -0.15) is 0 Å². The first-order chi connectivity index (χ1) is 15.9. The van der Waals surface area contributed by atoms with E-state index in [-0.39, 0.29) is 0 Å². The summed E-state index contributed by atoms with van der Waals surface area (Å²) in [4.78, 5) is 0. The van der Waals surface area contributed by atoms with Crippen molar-refractivity contribution in [3.8, 4) is 0 Å². The normalized spacial score (nSPS) is 54.7. The third-order valence-corrected chi connectivity index (χ3v) is 6.18. The van der Waals surface area contributed by atoms with Crippen LogP contribution < -0.4 is 0 Å². The van der Waals surface area contributed by atoms with Gasteiger partial charge in [0.25, 0.3) is 0 Å². The summed E-state index contributed by atoms with van der Waals surface area (Å²) in [6.45, 7) is -0.531. The van der Waals surface area contributed by atoms with E-state index in [9.17, 15) is 56.2 Å². The smallest absolute Gasteiger partial charge is 0.197 e. The molecule has 200 valence electrons. The largest absolute Gasteiger partial charge is 0.394 e. The Labute approximate surface area is 192 Å². The second kappa shape index (κ2) is 10.8. The van der Waals surface area contributed by atoms with Gasteiger partial charge in [0, 0.05) is 0 Å². The van der Waals surface area contributed by atoms with Crippen molar-refractivity contribution in [2.75, 3.05) is 13.2 Å². The summed E-state index contributed by atoms with van der Waals surface area (Å²) < 4.78 is 26.4. The summed E-state index contributed by atoms with van der Waals surface area (Å²) in [6.07, 6.45) is -24.9. The van der Waals surface area contributed by atoms with Crippen molar-refractivity contribution < 1.29 is 79.9 Å².